The molecule has 0 spiro atoms. The standard InChI is InChI=1S/C27H23ClF6N2O4/c1-25(27(32,33)34,21-9-8-19(38-2)23(36-21)14-4-6-17(29)16(28)10-14)13-35-24(37)15-5-7-18(20(11-15)39-3)40-22-12-26(22,30)31/h4-11,22H,12-13H2,1-3H3,(H,35,37). The summed E-state index contributed by atoms with van der Waals surface area (Å²) in [7, 11) is 2.53. The summed E-state index contributed by atoms with van der Waals surface area (Å²) in [4.78, 5) is 17.0. The fraction of sp³-hybridized carbons (Fsp3) is 0.333. The van der Waals surface area contributed by atoms with Gasteiger partial charge in [0.1, 0.15) is 22.7 Å². The van der Waals surface area contributed by atoms with Crippen LogP contribution in [0.15, 0.2) is 48.5 Å². The highest BCUT2D eigenvalue weighted by Gasteiger charge is 2.60. The van der Waals surface area contributed by atoms with Crippen molar-refractivity contribution in [3.63, 3.8) is 0 Å². The molecule has 1 aliphatic carbocycles. The minimum atomic E-state index is -4.87. The van der Waals surface area contributed by atoms with E-state index < -0.39 is 54.0 Å². The van der Waals surface area contributed by atoms with Crippen molar-refractivity contribution in [2.45, 2.75) is 37.0 Å². The lowest BCUT2D eigenvalue weighted by molar-refractivity contribution is -0.184. The number of alkyl halides is 5. The molecule has 0 aliphatic heterocycles. The van der Waals surface area contributed by atoms with Gasteiger partial charge >= 0.3 is 6.18 Å². The highest BCUT2D eigenvalue weighted by molar-refractivity contribution is 6.31. The van der Waals surface area contributed by atoms with Crippen molar-refractivity contribution in [3.05, 3.63) is 70.6 Å². The van der Waals surface area contributed by atoms with Gasteiger partial charge in [0.2, 0.25) is 0 Å². The number of nitrogens with one attached hydrogen (secondary N) is 1. The number of hydrogen-bond acceptors (Lipinski definition) is 5. The van der Waals surface area contributed by atoms with E-state index in [9.17, 15) is 31.1 Å². The Kier molecular flexibility index (Phi) is 7.85. The first-order valence-electron chi connectivity index (χ1n) is 11.8. The molecule has 2 aromatic carbocycles. The van der Waals surface area contributed by atoms with Crippen LogP contribution in [-0.2, 0) is 5.41 Å². The van der Waals surface area contributed by atoms with Crippen molar-refractivity contribution < 1.29 is 45.3 Å². The number of nitrogens with zero attached hydrogens (tertiary/aromatic N) is 1. The number of halogens is 7. The average molecular weight is 589 g/mol. The maximum Gasteiger partial charge on any atom is 0.401 e. The average Bonchev–Trinajstić information content (AvgIpc) is 3.52. The van der Waals surface area contributed by atoms with Crippen LogP contribution < -0.4 is 19.5 Å². The lowest BCUT2D eigenvalue weighted by Crippen LogP contribution is -2.49. The van der Waals surface area contributed by atoms with Crippen molar-refractivity contribution >= 4 is 17.5 Å². The number of carbonyl (C=O) groups is 1. The fourth-order valence-electron chi connectivity index (χ4n) is 3.84. The molecule has 6 nitrogen and oxygen atoms in total. The molecule has 4 rings (SSSR count). The van der Waals surface area contributed by atoms with Gasteiger partial charge in [-0.3, -0.25) is 4.79 Å². The Labute approximate surface area is 230 Å². The third kappa shape index (κ3) is 5.77. The normalized spacial score (nSPS) is 17.5. The zero-order valence-corrected chi connectivity index (χ0v) is 22.1. The summed E-state index contributed by atoms with van der Waals surface area (Å²) in [6.07, 6.45) is -6.64. The summed E-state index contributed by atoms with van der Waals surface area (Å²) in [6, 6.07) is 9.60. The second-order valence-corrected chi connectivity index (χ2v) is 9.73. The maximum atomic E-state index is 14.4. The molecule has 1 fully saturated rings. The Morgan fingerprint density at radius 2 is 1.70 bits per heavy atom. The number of ether oxygens (including phenoxy) is 3. The molecule has 1 saturated carbocycles. The van der Waals surface area contributed by atoms with E-state index >= 15 is 0 Å². The molecule has 2 atom stereocenters. The molecule has 0 saturated heterocycles. The number of pyridine rings is 1. The van der Waals surface area contributed by atoms with Gasteiger partial charge < -0.3 is 19.5 Å². The van der Waals surface area contributed by atoms with Gasteiger partial charge in [-0.05, 0) is 55.5 Å². The SMILES string of the molecule is COc1cc(C(=O)NCC(C)(c2ccc(OC)c(-c3ccc(F)c(Cl)c3)n2)C(F)(F)F)ccc1OC1CC1(F)F. The highest BCUT2D eigenvalue weighted by atomic mass is 35.5. The first-order valence-corrected chi connectivity index (χ1v) is 12.2. The van der Waals surface area contributed by atoms with E-state index in [4.69, 9.17) is 25.8 Å². The number of hydrogen-bond donors (Lipinski definition) is 1. The summed E-state index contributed by atoms with van der Waals surface area (Å²) in [5.41, 5.74) is -2.98. The number of aromatic nitrogens is 1. The van der Waals surface area contributed by atoms with Crippen molar-refractivity contribution in [3.8, 4) is 28.5 Å². The zero-order valence-electron chi connectivity index (χ0n) is 21.3. The zero-order chi connectivity index (χ0) is 29.5. The number of rotatable bonds is 9. The van der Waals surface area contributed by atoms with Crippen molar-refractivity contribution in [2.24, 2.45) is 0 Å². The third-order valence-corrected chi connectivity index (χ3v) is 6.82. The van der Waals surface area contributed by atoms with Gasteiger partial charge in [0, 0.05) is 17.7 Å². The molecule has 0 bridgehead atoms. The van der Waals surface area contributed by atoms with Crippen LogP contribution >= 0.6 is 11.6 Å². The number of amides is 1. The van der Waals surface area contributed by atoms with Crippen LogP contribution in [-0.4, -0.2) is 49.9 Å². The first kappa shape index (κ1) is 29.3. The van der Waals surface area contributed by atoms with Crippen LogP contribution in [0.2, 0.25) is 5.02 Å². The fourth-order valence-corrected chi connectivity index (χ4v) is 4.02. The van der Waals surface area contributed by atoms with Gasteiger partial charge in [0.05, 0.1) is 31.4 Å². The molecule has 1 N–H and O–H groups in total. The Balaban J connectivity index is 1.60. The lowest BCUT2D eigenvalue weighted by Gasteiger charge is -2.32. The van der Waals surface area contributed by atoms with Crippen molar-refractivity contribution in [1.82, 2.24) is 10.3 Å². The van der Waals surface area contributed by atoms with E-state index in [1.54, 1.807) is 0 Å². The van der Waals surface area contributed by atoms with Crippen LogP contribution in [0.25, 0.3) is 11.3 Å². The van der Waals surface area contributed by atoms with Gasteiger partial charge in [-0.2, -0.15) is 13.2 Å². The second-order valence-electron chi connectivity index (χ2n) is 9.33. The quantitative estimate of drug-likeness (QED) is 0.286. The van der Waals surface area contributed by atoms with Crippen LogP contribution in [0.5, 0.6) is 17.2 Å². The van der Waals surface area contributed by atoms with E-state index in [-0.39, 0.29) is 39.1 Å². The summed E-state index contributed by atoms with van der Waals surface area (Å²) in [6.45, 7) is -0.0377. The Morgan fingerprint density at radius 1 is 1.05 bits per heavy atom. The molecular weight excluding hydrogens is 566 g/mol. The van der Waals surface area contributed by atoms with E-state index in [0.29, 0.717) is 0 Å². The second kappa shape index (κ2) is 10.7. The molecular formula is C27H23ClF6N2O4. The third-order valence-electron chi connectivity index (χ3n) is 6.53. The summed E-state index contributed by atoms with van der Waals surface area (Å²) >= 11 is 5.85. The first-order chi connectivity index (χ1) is 18.7. The van der Waals surface area contributed by atoms with Crippen LogP contribution in [0, 0.1) is 5.82 Å². The summed E-state index contributed by atoms with van der Waals surface area (Å²) in [5.74, 6) is -4.49. The predicted octanol–water partition coefficient (Wildman–Crippen LogP) is 6.59. The molecule has 2 unspecified atom stereocenters. The van der Waals surface area contributed by atoms with Crippen LogP contribution in [0.4, 0.5) is 26.3 Å². The largest absolute Gasteiger partial charge is 0.494 e. The van der Waals surface area contributed by atoms with Gasteiger partial charge in [-0.15, -0.1) is 0 Å². The van der Waals surface area contributed by atoms with Crippen LogP contribution in [0.3, 0.4) is 0 Å². The minimum Gasteiger partial charge on any atom is -0.494 e. The van der Waals surface area contributed by atoms with Crippen LogP contribution in [0.1, 0.15) is 29.4 Å². The van der Waals surface area contributed by atoms with Crippen molar-refractivity contribution in [2.75, 3.05) is 20.8 Å². The number of benzene rings is 2. The minimum absolute atomic E-state index is 0.00901. The number of carbonyl (C=O) groups excluding carboxylic acids is 1. The molecule has 1 aromatic heterocycles. The van der Waals surface area contributed by atoms with E-state index in [0.717, 1.165) is 19.1 Å². The Morgan fingerprint density at radius 3 is 2.27 bits per heavy atom. The predicted molar refractivity (Wildman–Crippen MR) is 134 cm³/mol. The highest BCUT2D eigenvalue weighted by Crippen LogP contribution is 2.46. The van der Waals surface area contributed by atoms with E-state index in [1.807, 2.05) is 0 Å². The Bertz CT molecular complexity index is 1430. The molecule has 1 amide bonds. The maximum absolute atomic E-state index is 14.4. The van der Waals surface area contributed by atoms with Gasteiger partial charge in [0.25, 0.3) is 11.8 Å². The Hall–Kier alpha value is -3.67. The van der Waals surface area contributed by atoms with E-state index in [1.165, 1.54) is 50.6 Å². The lowest BCUT2D eigenvalue weighted by atomic mass is 9.84. The van der Waals surface area contributed by atoms with Gasteiger partial charge in [0.15, 0.2) is 17.6 Å². The van der Waals surface area contributed by atoms with Gasteiger partial charge in [-0.1, -0.05) is 11.6 Å². The van der Waals surface area contributed by atoms with Gasteiger partial charge in [-0.25, -0.2) is 18.2 Å². The monoisotopic (exact) mass is 588 g/mol. The number of methoxy groups -OCH3 is 2. The summed E-state index contributed by atoms with van der Waals surface area (Å²) < 4.78 is 99.0. The van der Waals surface area contributed by atoms with Crippen molar-refractivity contribution in [1.29, 1.82) is 0 Å². The topological polar surface area (TPSA) is 69.7 Å². The molecule has 214 valence electrons. The molecule has 1 aliphatic rings. The smallest absolute Gasteiger partial charge is 0.401 e. The molecule has 3 aromatic rings. The summed E-state index contributed by atoms with van der Waals surface area (Å²) in [5, 5.41) is 2.01. The molecule has 0 radical (unpaired) electrons. The van der Waals surface area contributed by atoms with E-state index in [2.05, 4.69) is 10.3 Å². The molecule has 1 heterocycles. The molecule has 40 heavy (non-hydrogen) atoms. The molecule has 13 heteroatoms.